The third-order valence-electron chi connectivity index (χ3n) is 10.1. The predicted octanol–water partition coefficient (Wildman–Crippen LogP) is 12.3. The van der Waals surface area contributed by atoms with Gasteiger partial charge in [-0.05, 0) is 123 Å². The number of fused-ring (bicyclic) bond motifs is 6. The minimum atomic E-state index is -2.32. The van der Waals surface area contributed by atoms with Crippen LogP contribution in [-0.4, -0.2) is 9.97 Å². The van der Waals surface area contributed by atoms with Crippen molar-refractivity contribution in [3.63, 3.8) is 0 Å². The number of para-hydroxylation sites is 1. The van der Waals surface area contributed by atoms with E-state index in [0.717, 1.165) is 75.4 Å². The molecule has 0 amide bonds. The van der Waals surface area contributed by atoms with Gasteiger partial charge in [0.15, 0.2) is 0 Å². The summed E-state index contributed by atoms with van der Waals surface area (Å²) in [6, 6.07) is 29.2. The highest BCUT2D eigenvalue weighted by Gasteiger charge is 2.28. The Morgan fingerprint density at radius 3 is 2.30 bits per heavy atom. The Hall–Kier alpha value is -4.50. The summed E-state index contributed by atoms with van der Waals surface area (Å²) in [4.78, 5) is 9.32. The molecular weight excluding hydrogens is 560 g/mol. The Balaban J connectivity index is 1.22. The van der Waals surface area contributed by atoms with Crippen LogP contribution in [0.5, 0.6) is 0 Å². The summed E-state index contributed by atoms with van der Waals surface area (Å²) in [5, 5.41) is 6.39. The molecule has 230 valence electrons. The average molecular weight is 607 g/mol. The van der Waals surface area contributed by atoms with E-state index in [4.69, 9.17) is 13.5 Å². The molecule has 7 aromatic rings. The maximum atomic E-state index is 9.32. The zero-order chi connectivity index (χ0) is 35.2. The molecule has 0 N–H and O–H groups in total. The highest BCUT2D eigenvalue weighted by atomic mass is 16.3. The first-order chi connectivity index (χ1) is 23.6. The first-order valence-corrected chi connectivity index (χ1v) is 16.4. The quantitative estimate of drug-likeness (QED) is 0.188. The molecule has 1 aliphatic rings. The summed E-state index contributed by atoms with van der Waals surface area (Å²) >= 11 is 0. The molecule has 0 aliphatic heterocycles. The second-order valence-corrected chi connectivity index (χ2v) is 14.9. The first kappa shape index (κ1) is 24.7. The van der Waals surface area contributed by atoms with E-state index in [1.54, 1.807) is 12.1 Å². The average Bonchev–Trinajstić information content (AvgIpc) is 3.46. The van der Waals surface area contributed by atoms with Gasteiger partial charge in [0.1, 0.15) is 5.58 Å². The lowest BCUT2D eigenvalue weighted by Gasteiger charge is -2.34. The molecule has 3 aromatic heterocycles. The van der Waals surface area contributed by atoms with Gasteiger partial charge >= 0.3 is 0 Å². The minimum Gasteiger partial charge on any atom is -0.437 e. The van der Waals surface area contributed by atoms with E-state index in [2.05, 4.69) is 94.2 Å². The fraction of sp³-hybridized carbons (Fsp3) is 0.302. The van der Waals surface area contributed by atoms with E-state index >= 15 is 0 Å². The molecule has 3 nitrogen and oxygen atoms in total. The van der Waals surface area contributed by atoms with Crippen molar-refractivity contribution in [1.82, 2.24) is 9.97 Å². The van der Waals surface area contributed by atoms with Crippen LogP contribution in [0.1, 0.15) is 88.5 Å². The van der Waals surface area contributed by atoms with E-state index in [1.165, 1.54) is 16.2 Å². The predicted molar refractivity (Wildman–Crippen MR) is 194 cm³/mol. The molecule has 0 spiro atoms. The summed E-state index contributed by atoms with van der Waals surface area (Å²) in [7, 11) is 0. The van der Waals surface area contributed by atoms with Crippen LogP contribution in [0, 0.1) is 12.3 Å². The Bertz CT molecular complexity index is 2460. The zero-order valence-electron chi connectivity index (χ0n) is 31.3. The van der Waals surface area contributed by atoms with Crippen molar-refractivity contribution >= 4 is 43.6 Å². The molecule has 1 aliphatic carbocycles. The SMILES string of the molecule is [2H]C([2H])([2H])c1ccc2c(n1)oc1c(-c3cc(-c4ccc5c(ccc6cc(C7([2H])CCC(C)(C)CC7)ccc65)c4)c(C(C)(C)C)cn3)cccc12. The molecule has 1 saturated carbocycles. The van der Waals surface area contributed by atoms with Crippen molar-refractivity contribution in [1.29, 1.82) is 0 Å². The Morgan fingerprint density at radius 2 is 1.54 bits per heavy atom. The largest absolute Gasteiger partial charge is 0.437 e. The van der Waals surface area contributed by atoms with Crippen LogP contribution in [-0.2, 0) is 5.41 Å². The summed E-state index contributed by atoms with van der Waals surface area (Å²) in [6.45, 7) is 8.95. The molecule has 0 atom stereocenters. The van der Waals surface area contributed by atoms with E-state index in [0.29, 0.717) is 16.7 Å². The van der Waals surface area contributed by atoms with E-state index in [-0.39, 0.29) is 11.1 Å². The maximum Gasteiger partial charge on any atom is 0.227 e. The molecule has 46 heavy (non-hydrogen) atoms. The maximum absolute atomic E-state index is 9.32. The molecule has 0 unspecified atom stereocenters. The molecular formula is C43H42N2O. The third-order valence-corrected chi connectivity index (χ3v) is 10.1. The van der Waals surface area contributed by atoms with Crippen LogP contribution in [0.25, 0.3) is 66.0 Å². The van der Waals surface area contributed by atoms with Gasteiger partial charge in [-0.25, -0.2) is 4.98 Å². The van der Waals surface area contributed by atoms with Gasteiger partial charge in [0.2, 0.25) is 5.71 Å². The minimum absolute atomic E-state index is 0.0127. The second kappa shape index (κ2) is 10.5. The molecule has 0 saturated heterocycles. The van der Waals surface area contributed by atoms with Gasteiger partial charge < -0.3 is 4.42 Å². The molecule has 1 fully saturated rings. The number of hydrogen-bond acceptors (Lipinski definition) is 3. The lowest BCUT2D eigenvalue weighted by Crippen LogP contribution is -2.20. The van der Waals surface area contributed by atoms with Crippen molar-refractivity contribution in [2.75, 3.05) is 0 Å². The summed E-state index contributed by atoms with van der Waals surface area (Å²) < 4.78 is 39.0. The van der Waals surface area contributed by atoms with Gasteiger partial charge in [-0.3, -0.25) is 4.98 Å². The third kappa shape index (κ3) is 4.97. The van der Waals surface area contributed by atoms with Gasteiger partial charge in [-0.1, -0.05) is 89.2 Å². The fourth-order valence-corrected chi connectivity index (χ4v) is 7.30. The number of furan rings is 1. The molecule has 8 rings (SSSR count). The number of nitrogens with zero attached hydrogens (tertiary/aromatic N) is 2. The summed E-state index contributed by atoms with van der Waals surface area (Å²) in [5.41, 5.74) is 7.21. The van der Waals surface area contributed by atoms with Gasteiger partial charge in [0.25, 0.3) is 0 Å². The monoisotopic (exact) mass is 606 g/mol. The number of aromatic nitrogens is 2. The van der Waals surface area contributed by atoms with Crippen molar-refractivity contribution in [2.45, 2.75) is 78.5 Å². The van der Waals surface area contributed by atoms with Gasteiger partial charge in [0, 0.05) is 33.7 Å². The standard InChI is InChI=1S/C43H42N2O/c1-26-10-15-35-34-8-7-9-36(40(34)46-41(35)45-26)39-24-37(38(25-44-39)42(2,3)4)31-14-17-33-30(23-31)12-11-29-22-28(13-16-32(29)33)27-18-20-43(5,6)21-19-27/h7-17,22-25,27H,18-21H2,1-6H3/i1D3,27D. The molecule has 3 heterocycles. The first-order valence-electron chi connectivity index (χ1n) is 18.4. The normalized spacial score (nSPS) is 18.0. The highest BCUT2D eigenvalue weighted by molar-refractivity contribution is 6.10. The number of aryl methyl sites for hydroxylation is 1. The number of benzene rings is 4. The van der Waals surface area contributed by atoms with Crippen molar-refractivity contribution < 1.29 is 9.90 Å². The second-order valence-electron chi connectivity index (χ2n) is 14.9. The van der Waals surface area contributed by atoms with Gasteiger partial charge in [-0.15, -0.1) is 0 Å². The fourth-order valence-electron chi connectivity index (χ4n) is 7.30. The van der Waals surface area contributed by atoms with Crippen LogP contribution in [0.2, 0.25) is 0 Å². The van der Waals surface area contributed by atoms with E-state index in [1.807, 2.05) is 24.4 Å². The zero-order valence-corrected chi connectivity index (χ0v) is 27.3. The summed E-state index contributed by atoms with van der Waals surface area (Å²) in [6.07, 6.45) is 5.95. The van der Waals surface area contributed by atoms with Gasteiger partial charge in [-0.2, -0.15) is 0 Å². The van der Waals surface area contributed by atoms with Crippen LogP contribution in [0.15, 0.2) is 95.5 Å². The Labute approximate surface area is 277 Å². The Morgan fingerprint density at radius 1 is 0.804 bits per heavy atom. The van der Waals surface area contributed by atoms with E-state index in [9.17, 15) is 1.37 Å². The van der Waals surface area contributed by atoms with Crippen LogP contribution >= 0.6 is 0 Å². The van der Waals surface area contributed by atoms with Crippen LogP contribution in [0.3, 0.4) is 0 Å². The van der Waals surface area contributed by atoms with Crippen LogP contribution in [0.4, 0.5) is 0 Å². The molecule has 0 bridgehead atoms. The Kier molecular flexibility index (Phi) is 5.65. The topological polar surface area (TPSA) is 38.9 Å². The number of hydrogen-bond donors (Lipinski definition) is 0. The number of rotatable bonds is 3. The van der Waals surface area contributed by atoms with Crippen molar-refractivity contribution in [3.8, 4) is 22.4 Å². The summed E-state index contributed by atoms with van der Waals surface area (Å²) in [5.74, 6) is -0.519. The lowest BCUT2D eigenvalue weighted by molar-refractivity contribution is 0.224. The smallest absolute Gasteiger partial charge is 0.227 e. The van der Waals surface area contributed by atoms with Crippen LogP contribution < -0.4 is 0 Å². The molecule has 3 heteroatoms. The number of pyridine rings is 2. The molecule has 4 aromatic carbocycles. The van der Waals surface area contributed by atoms with Gasteiger partial charge in [0.05, 0.1) is 5.69 Å². The van der Waals surface area contributed by atoms with Crippen molar-refractivity contribution in [3.05, 3.63) is 108 Å². The highest BCUT2D eigenvalue weighted by Crippen LogP contribution is 2.44. The van der Waals surface area contributed by atoms with E-state index < -0.39 is 12.7 Å². The lowest BCUT2D eigenvalue weighted by atomic mass is 9.71. The van der Waals surface area contributed by atoms with Crippen molar-refractivity contribution in [2.24, 2.45) is 5.41 Å². The molecule has 0 radical (unpaired) electrons.